The van der Waals surface area contributed by atoms with Crippen molar-refractivity contribution in [3.8, 4) is 11.3 Å². The normalized spacial score (nSPS) is 11.8. The summed E-state index contributed by atoms with van der Waals surface area (Å²) in [6, 6.07) is 8.62. The first-order valence-electron chi connectivity index (χ1n) is 7.85. The van der Waals surface area contributed by atoms with Crippen LogP contribution in [0.2, 0.25) is 0 Å². The second kappa shape index (κ2) is 7.63. The highest BCUT2D eigenvalue weighted by Gasteiger charge is 2.25. The maximum Gasteiger partial charge on any atom is 0.242 e. The molecule has 0 fully saturated rings. The van der Waals surface area contributed by atoms with Gasteiger partial charge in [0, 0.05) is 24.2 Å². The predicted molar refractivity (Wildman–Crippen MR) is 97.6 cm³/mol. The number of benzene rings is 1. The molecular weight excluding hydrogens is 374 g/mol. The number of halogens is 2. The topological polar surface area (TPSA) is 69.0 Å². The molecule has 2 heterocycles. The van der Waals surface area contributed by atoms with Gasteiger partial charge in [0.05, 0.1) is 11.3 Å². The quantitative estimate of drug-likeness (QED) is 0.606. The first-order chi connectivity index (χ1) is 12.9. The van der Waals surface area contributed by atoms with Gasteiger partial charge in [0.1, 0.15) is 11.5 Å². The van der Waals surface area contributed by atoms with Crippen LogP contribution in [0, 0.1) is 11.6 Å². The minimum Gasteiger partial charge on any atom is -0.298 e. The highest BCUT2D eigenvalue weighted by Crippen LogP contribution is 2.30. The van der Waals surface area contributed by atoms with E-state index in [0.29, 0.717) is 9.54 Å². The Labute approximate surface area is 154 Å². The van der Waals surface area contributed by atoms with Crippen LogP contribution >= 0.6 is 0 Å². The predicted octanol–water partition coefficient (Wildman–Crippen LogP) is 3.53. The van der Waals surface area contributed by atoms with Crippen molar-refractivity contribution in [1.82, 2.24) is 8.96 Å². The third-order valence-electron chi connectivity index (χ3n) is 3.80. The van der Waals surface area contributed by atoms with Crippen molar-refractivity contribution in [2.24, 2.45) is 0 Å². The Bertz CT molecular complexity index is 1110. The summed E-state index contributed by atoms with van der Waals surface area (Å²) >= 11 is 0. The third kappa shape index (κ3) is 3.85. The number of rotatable bonds is 6. The monoisotopic (exact) mass is 388 g/mol. The van der Waals surface area contributed by atoms with Crippen LogP contribution in [0.1, 0.15) is 15.9 Å². The Kier molecular flexibility index (Phi) is 5.27. The van der Waals surface area contributed by atoms with Crippen molar-refractivity contribution < 1.29 is 22.0 Å². The fourth-order valence-corrected chi connectivity index (χ4v) is 3.76. The molecule has 0 bridgehead atoms. The first kappa shape index (κ1) is 18.7. The third-order valence-corrected chi connectivity index (χ3v) is 5.30. The summed E-state index contributed by atoms with van der Waals surface area (Å²) in [5, 5.41) is 0. The van der Waals surface area contributed by atoms with E-state index in [4.69, 9.17) is 0 Å². The van der Waals surface area contributed by atoms with Gasteiger partial charge in [-0.25, -0.2) is 21.2 Å². The van der Waals surface area contributed by atoms with Gasteiger partial charge in [-0.2, -0.15) is 0 Å². The number of hydrogen-bond acceptors (Lipinski definition) is 4. The maximum atomic E-state index is 14.6. The molecule has 0 aliphatic rings. The zero-order valence-electron chi connectivity index (χ0n) is 13.9. The molecule has 0 amide bonds. The van der Waals surface area contributed by atoms with Crippen LogP contribution in [0.5, 0.6) is 0 Å². The Balaban J connectivity index is 2.04. The summed E-state index contributed by atoms with van der Waals surface area (Å²) in [6.45, 7) is 0. The summed E-state index contributed by atoms with van der Waals surface area (Å²) in [4.78, 5) is 15.0. The average molecular weight is 388 g/mol. The van der Waals surface area contributed by atoms with Gasteiger partial charge < -0.3 is 0 Å². The van der Waals surface area contributed by atoms with Crippen LogP contribution in [0.15, 0.2) is 61.1 Å². The van der Waals surface area contributed by atoms with E-state index in [1.165, 1.54) is 24.3 Å². The van der Waals surface area contributed by atoms with E-state index in [9.17, 15) is 22.0 Å². The molecular formula is C19H14F2N2O3S. The number of aldehydes is 1. The second-order valence-electron chi connectivity index (χ2n) is 5.61. The van der Waals surface area contributed by atoms with E-state index in [1.54, 1.807) is 30.6 Å². The standard InChI is InChI=1S/C19H14F2N2O3S/c20-17-8-2-1-7-16(17)19-18(21)15(13-24)12-23(19)27(25,26)10-4-6-14-5-3-9-22-11-14/h1-9,11-13H,10H2. The van der Waals surface area contributed by atoms with Gasteiger partial charge in [-0.15, -0.1) is 0 Å². The van der Waals surface area contributed by atoms with Gasteiger partial charge in [0.25, 0.3) is 0 Å². The fourth-order valence-electron chi connectivity index (χ4n) is 2.53. The number of carbonyl (C=O) groups excluding carboxylic acids is 1. The lowest BCUT2D eigenvalue weighted by atomic mass is 10.1. The van der Waals surface area contributed by atoms with E-state index in [0.717, 1.165) is 12.3 Å². The summed E-state index contributed by atoms with van der Waals surface area (Å²) in [5.74, 6) is -2.36. The number of aromatic nitrogens is 2. The summed E-state index contributed by atoms with van der Waals surface area (Å²) < 4.78 is 54.7. The zero-order chi connectivity index (χ0) is 19.4. The van der Waals surface area contributed by atoms with Gasteiger partial charge in [0.15, 0.2) is 12.1 Å². The van der Waals surface area contributed by atoms with Crippen molar-refractivity contribution in [2.75, 3.05) is 5.75 Å². The van der Waals surface area contributed by atoms with Crippen LogP contribution in [-0.4, -0.2) is 29.4 Å². The number of nitrogens with zero attached hydrogens (tertiary/aromatic N) is 2. The van der Waals surface area contributed by atoms with E-state index in [1.807, 2.05) is 0 Å². The van der Waals surface area contributed by atoms with Crippen LogP contribution in [0.3, 0.4) is 0 Å². The van der Waals surface area contributed by atoms with Crippen molar-refractivity contribution in [3.63, 3.8) is 0 Å². The molecule has 0 saturated carbocycles. The van der Waals surface area contributed by atoms with Crippen molar-refractivity contribution in [1.29, 1.82) is 0 Å². The minimum absolute atomic E-state index is 0.192. The highest BCUT2D eigenvalue weighted by molar-refractivity contribution is 7.90. The summed E-state index contributed by atoms with van der Waals surface area (Å²) in [5.41, 5.74) is -0.532. The van der Waals surface area contributed by atoms with Gasteiger partial charge in [0.2, 0.25) is 10.0 Å². The average Bonchev–Trinajstić information content (AvgIpc) is 3.00. The highest BCUT2D eigenvalue weighted by atomic mass is 32.2. The summed E-state index contributed by atoms with van der Waals surface area (Å²) in [7, 11) is -4.09. The molecule has 0 radical (unpaired) electrons. The van der Waals surface area contributed by atoms with E-state index >= 15 is 0 Å². The number of hydrogen-bond donors (Lipinski definition) is 0. The Hall–Kier alpha value is -3.13. The van der Waals surface area contributed by atoms with Crippen LogP contribution < -0.4 is 0 Å². The molecule has 0 aliphatic heterocycles. The lowest BCUT2D eigenvalue weighted by Crippen LogP contribution is -2.16. The Morgan fingerprint density at radius 2 is 1.89 bits per heavy atom. The lowest BCUT2D eigenvalue weighted by molar-refractivity contribution is 0.112. The molecule has 0 spiro atoms. The second-order valence-corrected chi connectivity index (χ2v) is 7.50. The maximum absolute atomic E-state index is 14.6. The molecule has 3 rings (SSSR count). The van der Waals surface area contributed by atoms with Crippen LogP contribution in [0.25, 0.3) is 17.3 Å². The van der Waals surface area contributed by atoms with Gasteiger partial charge in [-0.05, 0) is 23.8 Å². The van der Waals surface area contributed by atoms with Gasteiger partial charge in [-0.3, -0.25) is 9.78 Å². The first-order valence-corrected chi connectivity index (χ1v) is 9.45. The molecule has 2 aromatic heterocycles. The molecule has 138 valence electrons. The SMILES string of the molecule is O=Cc1cn(S(=O)(=O)CC=Cc2cccnc2)c(-c2ccccc2F)c1F. The smallest absolute Gasteiger partial charge is 0.242 e. The molecule has 8 heteroatoms. The van der Waals surface area contributed by atoms with Crippen molar-refractivity contribution >= 4 is 22.4 Å². The molecule has 0 unspecified atom stereocenters. The van der Waals surface area contributed by atoms with E-state index in [2.05, 4.69) is 4.98 Å². The Morgan fingerprint density at radius 1 is 1.11 bits per heavy atom. The number of carbonyl (C=O) groups is 1. The molecule has 27 heavy (non-hydrogen) atoms. The fraction of sp³-hybridized carbons (Fsp3) is 0.0526. The van der Waals surface area contributed by atoms with Gasteiger partial charge >= 0.3 is 0 Å². The molecule has 0 N–H and O–H groups in total. The van der Waals surface area contributed by atoms with Gasteiger partial charge in [-0.1, -0.05) is 30.4 Å². The number of pyridine rings is 1. The molecule has 0 saturated heterocycles. The van der Waals surface area contributed by atoms with Crippen molar-refractivity contribution in [3.05, 3.63) is 83.8 Å². The Morgan fingerprint density at radius 3 is 2.56 bits per heavy atom. The van der Waals surface area contributed by atoms with Crippen LogP contribution in [-0.2, 0) is 10.0 Å². The molecule has 0 atom stereocenters. The molecule has 5 nitrogen and oxygen atoms in total. The van der Waals surface area contributed by atoms with Crippen LogP contribution in [0.4, 0.5) is 8.78 Å². The lowest BCUT2D eigenvalue weighted by Gasteiger charge is -2.10. The largest absolute Gasteiger partial charge is 0.298 e. The zero-order valence-corrected chi connectivity index (χ0v) is 14.7. The van der Waals surface area contributed by atoms with E-state index in [-0.39, 0.29) is 11.8 Å². The molecule has 0 aliphatic carbocycles. The van der Waals surface area contributed by atoms with E-state index < -0.39 is 38.7 Å². The minimum atomic E-state index is -4.09. The van der Waals surface area contributed by atoms with Crippen molar-refractivity contribution in [2.45, 2.75) is 0 Å². The molecule has 3 aromatic rings. The molecule has 1 aromatic carbocycles. The summed E-state index contributed by atoms with van der Waals surface area (Å²) in [6.07, 6.45) is 7.10.